The molecule has 4 aliphatic heterocycles. The number of hydrogen-bond acceptors (Lipinski definition) is 16. The monoisotopic (exact) mass is 1040 g/mol. The van der Waals surface area contributed by atoms with Crippen LogP contribution in [0.3, 0.4) is 0 Å². The van der Waals surface area contributed by atoms with Gasteiger partial charge in [-0.15, -0.1) is 11.3 Å². The average Bonchev–Trinajstić information content (AvgIpc) is 4.13. The second kappa shape index (κ2) is 22.4. The molecular formula is C52H66ClN11O6S2. The molecule has 384 valence electrons. The smallest absolute Gasteiger partial charge is 0.243 e. The van der Waals surface area contributed by atoms with Crippen molar-refractivity contribution < 1.29 is 28.8 Å². The van der Waals surface area contributed by atoms with Crippen LogP contribution in [0.2, 0.25) is 5.02 Å². The number of β-amino-alcohol motifs (C(OH)–C–C–N with tert-alkyl or cyclic N) is 1. The first-order valence-electron chi connectivity index (χ1n) is 25.2. The summed E-state index contributed by atoms with van der Waals surface area (Å²) in [7, 11) is 0. The highest BCUT2D eigenvalue weighted by Gasteiger charge is 2.43. The van der Waals surface area contributed by atoms with Gasteiger partial charge in [0.25, 0.3) is 0 Å². The number of nitrogens with zero attached hydrogens (tertiary/aromatic N) is 9. The number of ether oxygens (including phenoxy) is 1. The topological polar surface area (TPSA) is 209 Å². The van der Waals surface area contributed by atoms with Crippen LogP contribution in [0.4, 0.5) is 11.6 Å². The number of piperidine rings is 3. The van der Waals surface area contributed by atoms with Gasteiger partial charge in [0.15, 0.2) is 0 Å². The van der Waals surface area contributed by atoms with E-state index in [1.165, 1.54) is 16.7 Å². The molecule has 3 amide bonds. The number of nitrogens with two attached hydrogens (primary N) is 1. The SMILES string of the molecule is Cc1cc([C@@H](C(=O)N2C[C@H](O)C[C@H]2C(=O)NCc2ccc(-c3scnc3C)cc2OC2CCN(C(=O)C3CCN(c4nccc(Sc5cnc(N6CCC(C)(CN)CC6)cn5)c4Cl)CC3)CC2)C(C)C)on1. The van der Waals surface area contributed by atoms with Crippen molar-refractivity contribution in [2.24, 2.45) is 23.0 Å². The average molecular weight is 1040 g/mol. The number of benzene rings is 1. The van der Waals surface area contributed by atoms with Crippen LogP contribution in [0.1, 0.15) is 94.3 Å². The molecule has 4 aromatic heterocycles. The summed E-state index contributed by atoms with van der Waals surface area (Å²) in [5.41, 5.74) is 11.3. The molecule has 0 radical (unpaired) electrons. The lowest BCUT2D eigenvalue weighted by Gasteiger charge is -2.39. The Morgan fingerprint density at radius 2 is 1.75 bits per heavy atom. The Morgan fingerprint density at radius 3 is 2.40 bits per heavy atom. The number of nitrogens with one attached hydrogen (secondary N) is 1. The second-order valence-electron chi connectivity index (χ2n) is 20.5. The number of carbonyl (C=O) groups excluding carboxylic acids is 3. The van der Waals surface area contributed by atoms with Crippen molar-refractivity contribution in [3.8, 4) is 16.2 Å². The van der Waals surface area contributed by atoms with Gasteiger partial charge in [0.1, 0.15) is 46.2 Å². The number of pyridine rings is 1. The molecular weight excluding hydrogens is 974 g/mol. The van der Waals surface area contributed by atoms with Crippen LogP contribution >= 0.6 is 34.7 Å². The highest BCUT2D eigenvalue weighted by atomic mass is 35.5. The first-order valence-corrected chi connectivity index (χ1v) is 27.3. The van der Waals surface area contributed by atoms with Crippen LogP contribution < -0.4 is 25.6 Å². The van der Waals surface area contributed by atoms with Gasteiger partial charge >= 0.3 is 0 Å². The number of halogens is 1. The van der Waals surface area contributed by atoms with Crippen molar-refractivity contribution >= 4 is 64.1 Å². The van der Waals surface area contributed by atoms with Crippen molar-refractivity contribution in [2.45, 2.75) is 120 Å². The molecule has 20 heteroatoms. The molecule has 0 bridgehead atoms. The molecule has 4 saturated heterocycles. The number of carbonyl (C=O) groups is 3. The third-order valence-electron chi connectivity index (χ3n) is 14.9. The lowest BCUT2D eigenvalue weighted by Crippen LogP contribution is -2.48. The molecule has 72 heavy (non-hydrogen) atoms. The van der Waals surface area contributed by atoms with Gasteiger partial charge in [0.2, 0.25) is 17.7 Å². The highest BCUT2D eigenvalue weighted by Crippen LogP contribution is 2.40. The molecule has 4 fully saturated rings. The predicted octanol–water partition coefficient (Wildman–Crippen LogP) is 7.27. The minimum absolute atomic E-state index is 0.0499. The molecule has 3 atom stereocenters. The molecule has 1 aromatic carbocycles. The van der Waals surface area contributed by atoms with E-state index in [0.29, 0.717) is 86.5 Å². The number of hydrogen-bond donors (Lipinski definition) is 3. The molecule has 4 aliphatic rings. The zero-order valence-electron chi connectivity index (χ0n) is 41.8. The van der Waals surface area contributed by atoms with E-state index in [1.54, 1.807) is 36.7 Å². The Bertz CT molecular complexity index is 2700. The molecule has 0 aliphatic carbocycles. The molecule has 9 rings (SSSR count). The van der Waals surface area contributed by atoms with Crippen LogP contribution in [-0.2, 0) is 20.9 Å². The maximum Gasteiger partial charge on any atom is 0.243 e. The van der Waals surface area contributed by atoms with Crippen LogP contribution in [0.15, 0.2) is 68.9 Å². The Labute approximate surface area is 434 Å². The van der Waals surface area contributed by atoms with Crippen molar-refractivity contribution in [3.05, 3.63) is 82.2 Å². The third-order valence-corrected chi connectivity index (χ3v) is 17.4. The lowest BCUT2D eigenvalue weighted by atomic mass is 9.80. The van der Waals surface area contributed by atoms with Crippen LogP contribution in [0, 0.1) is 31.1 Å². The zero-order chi connectivity index (χ0) is 50.7. The Kier molecular flexibility index (Phi) is 16.1. The minimum atomic E-state index is -0.856. The fraction of sp³-hybridized carbons (Fsp3) is 0.538. The molecule has 5 aromatic rings. The molecule has 17 nitrogen and oxygen atoms in total. The van der Waals surface area contributed by atoms with Gasteiger partial charge in [-0.05, 0) is 75.1 Å². The van der Waals surface area contributed by atoms with Crippen LogP contribution in [0.5, 0.6) is 5.75 Å². The quantitative estimate of drug-likeness (QED) is 0.0942. The molecule has 0 unspecified atom stereocenters. The summed E-state index contributed by atoms with van der Waals surface area (Å²) >= 11 is 10.0. The number of aryl methyl sites for hydroxylation is 2. The van der Waals surface area contributed by atoms with Gasteiger partial charge in [-0.25, -0.2) is 19.9 Å². The normalized spacial score (nSPS) is 20.3. The molecule has 0 saturated carbocycles. The van der Waals surface area contributed by atoms with Gasteiger partial charge < -0.3 is 45.0 Å². The van der Waals surface area contributed by atoms with Crippen LogP contribution in [-0.4, -0.2) is 128 Å². The Morgan fingerprint density at radius 1 is 0.986 bits per heavy atom. The summed E-state index contributed by atoms with van der Waals surface area (Å²) in [5, 5.41) is 19.1. The largest absolute Gasteiger partial charge is 0.490 e. The third kappa shape index (κ3) is 11.5. The van der Waals surface area contributed by atoms with E-state index in [2.05, 4.69) is 37.2 Å². The van der Waals surface area contributed by atoms with E-state index >= 15 is 0 Å². The number of anilines is 2. The number of likely N-dealkylation sites (tertiary alicyclic amines) is 2. The number of thiazole rings is 1. The van der Waals surface area contributed by atoms with E-state index in [-0.39, 0.29) is 60.6 Å². The van der Waals surface area contributed by atoms with Gasteiger partial charge in [-0.2, -0.15) is 0 Å². The van der Waals surface area contributed by atoms with Gasteiger partial charge in [0.05, 0.1) is 45.3 Å². The number of amides is 3. The van der Waals surface area contributed by atoms with E-state index in [9.17, 15) is 19.5 Å². The van der Waals surface area contributed by atoms with E-state index < -0.39 is 18.1 Å². The van der Waals surface area contributed by atoms with Gasteiger partial charge in [0, 0.05) is 100 Å². The summed E-state index contributed by atoms with van der Waals surface area (Å²) < 4.78 is 12.3. The van der Waals surface area contributed by atoms with Crippen molar-refractivity contribution in [2.75, 3.05) is 62.2 Å². The second-order valence-corrected chi connectivity index (χ2v) is 22.8. The summed E-state index contributed by atoms with van der Waals surface area (Å²) in [4.78, 5) is 70.3. The van der Waals surface area contributed by atoms with E-state index in [0.717, 1.165) is 63.4 Å². The lowest BCUT2D eigenvalue weighted by molar-refractivity contribution is -0.141. The number of aliphatic hydroxyl groups is 1. The highest BCUT2D eigenvalue weighted by molar-refractivity contribution is 7.99. The first-order chi connectivity index (χ1) is 34.7. The van der Waals surface area contributed by atoms with E-state index in [1.807, 2.05) is 61.6 Å². The number of aromatic nitrogens is 5. The van der Waals surface area contributed by atoms with Gasteiger partial charge in [-0.3, -0.25) is 14.4 Å². The fourth-order valence-electron chi connectivity index (χ4n) is 10.4. The minimum Gasteiger partial charge on any atom is -0.490 e. The Balaban J connectivity index is 0.786. The molecule has 4 N–H and O–H groups in total. The predicted molar refractivity (Wildman–Crippen MR) is 278 cm³/mol. The van der Waals surface area contributed by atoms with Crippen molar-refractivity contribution in [1.29, 1.82) is 0 Å². The summed E-state index contributed by atoms with van der Waals surface area (Å²) in [6.45, 7) is 15.1. The fourth-order valence-corrected chi connectivity index (χ4v) is 12.3. The Hall–Kier alpha value is -5.34. The zero-order valence-corrected chi connectivity index (χ0v) is 44.1. The van der Waals surface area contributed by atoms with E-state index in [4.69, 9.17) is 36.6 Å². The van der Waals surface area contributed by atoms with Gasteiger partial charge in [-0.1, -0.05) is 61.4 Å². The standard InChI is InChI=1S/C52H66ClN11O6S2/c1-31(2)45(41-22-32(3)60-70-41)51(68)64-28-37(65)24-39(64)49(66)58-25-36-7-6-35(47-33(4)59-30-71-47)23-40(36)69-38-11-18-63(19-12-38)50(67)34-9-16-62(17-10-34)48-46(53)42(8-15-55-48)72-44-27-56-43(26-57-44)61-20-13-52(5,29-54)14-21-61/h6-8,15,22-23,26-27,30-31,34,37-39,45,65H,9-14,16-21,24-25,28-29,54H2,1-5H3,(H,58,66)/t37-,39+,45+/m1/s1. The summed E-state index contributed by atoms with van der Waals surface area (Å²) in [6, 6.07) is 8.76. The van der Waals surface area contributed by atoms with Crippen molar-refractivity contribution in [1.82, 2.24) is 40.2 Å². The molecule has 8 heterocycles. The maximum absolute atomic E-state index is 14.0. The van der Waals surface area contributed by atoms with Crippen LogP contribution in [0.25, 0.3) is 10.4 Å². The first kappa shape index (κ1) is 51.6. The summed E-state index contributed by atoms with van der Waals surface area (Å²) in [6.07, 6.45) is 9.32. The van der Waals surface area contributed by atoms with Crippen molar-refractivity contribution in [3.63, 3.8) is 0 Å². The summed E-state index contributed by atoms with van der Waals surface area (Å²) in [5.74, 6) is 1.33. The number of rotatable bonds is 15. The number of aliphatic hydroxyl groups excluding tert-OH is 1. The maximum atomic E-state index is 14.0. The molecule has 0 spiro atoms.